The number of unbranched alkanes of at least 4 members (excludes halogenated alkanes) is 1. The molecule has 1 aliphatic rings. The molecule has 4 heteroatoms. The molecule has 1 aliphatic heterocycles. The Balaban J connectivity index is 1.66. The van der Waals surface area contributed by atoms with E-state index < -0.39 is 5.54 Å². The van der Waals surface area contributed by atoms with Crippen molar-refractivity contribution >= 4 is 16.9 Å². The predicted octanol–water partition coefficient (Wildman–Crippen LogP) is 7.10. The maximum Gasteiger partial charge on any atom is 0.354 e. The van der Waals surface area contributed by atoms with Gasteiger partial charge in [-0.3, -0.25) is 9.40 Å². The number of nitrogens with zero attached hydrogens (tertiary/aromatic N) is 2. The van der Waals surface area contributed by atoms with Gasteiger partial charge < -0.3 is 0 Å². The van der Waals surface area contributed by atoms with Crippen LogP contribution in [0.4, 0.5) is 4.79 Å². The zero-order valence-corrected chi connectivity index (χ0v) is 21.0. The summed E-state index contributed by atoms with van der Waals surface area (Å²) < 4.78 is 1.85. The van der Waals surface area contributed by atoms with Gasteiger partial charge in [-0.1, -0.05) is 104 Å². The van der Waals surface area contributed by atoms with Crippen LogP contribution in [0.1, 0.15) is 55.0 Å². The van der Waals surface area contributed by atoms with Crippen molar-refractivity contribution in [2.24, 2.45) is 0 Å². The first kappa shape index (κ1) is 23.9. The number of rotatable bonds is 8. The molecule has 0 spiro atoms. The molecule has 0 fully saturated rings. The quantitative estimate of drug-likeness (QED) is 0.254. The monoisotopic (exact) mass is 476 g/mol. The summed E-state index contributed by atoms with van der Waals surface area (Å²) in [6, 6.07) is 28.9. The van der Waals surface area contributed by atoms with Gasteiger partial charge in [0.1, 0.15) is 0 Å². The Morgan fingerprint density at radius 1 is 0.889 bits per heavy atom. The smallest absolute Gasteiger partial charge is 0.271 e. The number of fused-ring (bicyclic) bond motifs is 3. The van der Waals surface area contributed by atoms with Crippen molar-refractivity contribution in [1.29, 1.82) is 0 Å². The minimum Gasteiger partial charge on any atom is -0.271 e. The van der Waals surface area contributed by atoms with E-state index in [0.717, 1.165) is 60.7 Å². The Morgan fingerprint density at radius 2 is 1.56 bits per heavy atom. The van der Waals surface area contributed by atoms with E-state index in [-0.39, 0.29) is 6.03 Å². The van der Waals surface area contributed by atoms with Crippen LogP contribution in [0.5, 0.6) is 0 Å². The zero-order chi connectivity index (χ0) is 25.0. The van der Waals surface area contributed by atoms with Crippen LogP contribution in [-0.4, -0.2) is 22.8 Å². The zero-order valence-electron chi connectivity index (χ0n) is 21.0. The molecule has 0 aliphatic carbocycles. The molecule has 36 heavy (non-hydrogen) atoms. The van der Waals surface area contributed by atoms with E-state index in [1.54, 1.807) is 7.11 Å². The summed E-state index contributed by atoms with van der Waals surface area (Å²) in [5.41, 5.74) is 4.66. The molecule has 1 atom stereocenters. The van der Waals surface area contributed by atoms with Crippen LogP contribution < -0.4 is 0 Å². The highest BCUT2D eigenvalue weighted by Gasteiger charge is 2.52. The Hall–Kier alpha value is -3.81. The van der Waals surface area contributed by atoms with E-state index in [0.29, 0.717) is 0 Å². The van der Waals surface area contributed by atoms with E-state index in [1.807, 2.05) is 34.9 Å². The van der Waals surface area contributed by atoms with Crippen LogP contribution in [0.2, 0.25) is 0 Å². The average Bonchev–Trinajstić information content (AvgIpc) is 3.37. The van der Waals surface area contributed by atoms with Gasteiger partial charge in [0.05, 0.1) is 18.3 Å². The molecule has 182 valence electrons. The number of hydroxylamine groups is 2. The standard InChI is InChI=1S/C32H32N2O2/c1-3-4-22-32(23-14-13-17-25-15-7-5-8-16-25)30-28(24-26-18-9-6-10-19-26)27-20-11-12-21-29(27)33(30)31(35)34(32)36-2/h5-12,15-16,18-21H,3-4,13,17,22,24H2,1-2H3. The van der Waals surface area contributed by atoms with Crippen LogP contribution in [0.3, 0.4) is 0 Å². The number of hydrogen-bond acceptors (Lipinski definition) is 2. The summed E-state index contributed by atoms with van der Waals surface area (Å²) in [4.78, 5) is 19.6. The highest BCUT2D eigenvalue weighted by molar-refractivity contribution is 5.99. The third-order valence-electron chi connectivity index (χ3n) is 7.06. The molecule has 0 saturated heterocycles. The van der Waals surface area contributed by atoms with E-state index in [9.17, 15) is 4.79 Å². The highest BCUT2D eigenvalue weighted by Crippen LogP contribution is 2.46. The fourth-order valence-corrected chi connectivity index (χ4v) is 5.39. The molecule has 4 nitrogen and oxygen atoms in total. The molecule has 0 radical (unpaired) electrons. The van der Waals surface area contributed by atoms with Gasteiger partial charge in [0, 0.05) is 11.8 Å². The summed E-state index contributed by atoms with van der Waals surface area (Å²) in [6.07, 6.45) is 4.99. The number of amides is 1. The molecule has 2 heterocycles. The summed E-state index contributed by atoms with van der Waals surface area (Å²) in [5.74, 6) is 7.03. The molecule has 5 rings (SSSR count). The lowest BCUT2D eigenvalue weighted by atomic mass is 9.85. The van der Waals surface area contributed by atoms with Gasteiger partial charge in [-0.15, -0.1) is 0 Å². The van der Waals surface area contributed by atoms with Crippen molar-refractivity contribution in [1.82, 2.24) is 9.63 Å². The van der Waals surface area contributed by atoms with Gasteiger partial charge in [0.25, 0.3) is 0 Å². The lowest BCUT2D eigenvalue weighted by Gasteiger charge is -2.32. The SMILES string of the molecule is CCCCC1(C#CCCc2ccccc2)c2c(Cc3ccccc3)c3ccccc3n2C(=O)N1OC. The molecule has 1 amide bonds. The lowest BCUT2D eigenvalue weighted by molar-refractivity contribution is -0.135. The molecular formula is C32H32N2O2. The summed E-state index contributed by atoms with van der Waals surface area (Å²) in [5, 5.41) is 2.63. The Kier molecular flexibility index (Phi) is 6.93. The van der Waals surface area contributed by atoms with Crippen LogP contribution >= 0.6 is 0 Å². The van der Waals surface area contributed by atoms with Crippen molar-refractivity contribution in [3.8, 4) is 11.8 Å². The van der Waals surface area contributed by atoms with Crippen LogP contribution in [0, 0.1) is 11.8 Å². The highest BCUT2D eigenvalue weighted by atomic mass is 16.7. The maximum absolute atomic E-state index is 13.8. The van der Waals surface area contributed by atoms with Gasteiger partial charge in [-0.05, 0) is 48.4 Å². The van der Waals surface area contributed by atoms with Crippen molar-refractivity contribution in [3.05, 3.63) is 107 Å². The normalized spacial score (nSPS) is 16.7. The molecule has 3 aromatic carbocycles. The summed E-state index contributed by atoms with van der Waals surface area (Å²) in [7, 11) is 1.58. The number of carbonyl (C=O) groups excluding carboxylic acids is 1. The fraction of sp³-hybridized carbons (Fsp3) is 0.281. The molecule has 1 aromatic heterocycles. The molecule has 4 aromatic rings. The minimum absolute atomic E-state index is 0.170. The number of benzene rings is 3. The van der Waals surface area contributed by atoms with Crippen molar-refractivity contribution in [2.45, 2.75) is 51.0 Å². The Morgan fingerprint density at radius 3 is 2.25 bits per heavy atom. The van der Waals surface area contributed by atoms with Gasteiger partial charge in [-0.2, -0.15) is 5.06 Å². The van der Waals surface area contributed by atoms with E-state index in [2.05, 4.69) is 73.4 Å². The Bertz CT molecular complexity index is 1410. The van der Waals surface area contributed by atoms with Crippen molar-refractivity contribution < 1.29 is 9.63 Å². The number of carbonyl (C=O) groups is 1. The van der Waals surface area contributed by atoms with Crippen LogP contribution in [-0.2, 0) is 23.2 Å². The Labute approximate surface area is 213 Å². The lowest BCUT2D eigenvalue weighted by Crippen LogP contribution is -2.42. The van der Waals surface area contributed by atoms with Crippen molar-refractivity contribution in [3.63, 3.8) is 0 Å². The second kappa shape index (κ2) is 10.4. The summed E-state index contributed by atoms with van der Waals surface area (Å²) >= 11 is 0. The van der Waals surface area contributed by atoms with Crippen molar-refractivity contribution in [2.75, 3.05) is 7.11 Å². The first-order chi connectivity index (χ1) is 17.7. The fourth-order valence-electron chi connectivity index (χ4n) is 5.39. The van der Waals surface area contributed by atoms with Gasteiger partial charge >= 0.3 is 6.03 Å². The van der Waals surface area contributed by atoms with Gasteiger partial charge in [-0.25, -0.2) is 4.79 Å². The average molecular weight is 477 g/mol. The number of aromatic nitrogens is 1. The molecule has 0 N–H and O–H groups in total. The molecular weight excluding hydrogens is 444 g/mol. The van der Waals surface area contributed by atoms with E-state index >= 15 is 0 Å². The first-order valence-corrected chi connectivity index (χ1v) is 12.8. The van der Waals surface area contributed by atoms with Crippen LogP contribution in [0.25, 0.3) is 10.9 Å². The second-order valence-electron chi connectivity index (χ2n) is 9.35. The predicted molar refractivity (Wildman–Crippen MR) is 145 cm³/mol. The topological polar surface area (TPSA) is 34.5 Å². The maximum atomic E-state index is 13.8. The largest absolute Gasteiger partial charge is 0.354 e. The number of hydrogen-bond donors (Lipinski definition) is 0. The third kappa shape index (κ3) is 4.21. The van der Waals surface area contributed by atoms with Crippen LogP contribution in [0.15, 0.2) is 84.9 Å². The molecule has 0 bridgehead atoms. The van der Waals surface area contributed by atoms with Gasteiger partial charge in [0.2, 0.25) is 0 Å². The van der Waals surface area contributed by atoms with E-state index in [4.69, 9.17) is 4.84 Å². The van der Waals surface area contributed by atoms with E-state index in [1.165, 1.54) is 16.2 Å². The minimum atomic E-state index is -0.832. The molecule has 1 unspecified atom stereocenters. The number of para-hydroxylation sites is 1. The first-order valence-electron chi connectivity index (χ1n) is 12.8. The third-order valence-corrected chi connectivity index (χ3v) is 7.06. The summed E-state index contributed by atoms with van der Waals surface area (Å²) in [6.45, 7) is 2.17. The number of aryl methyl sites for hydroxylation is 1. The second-order valence-corrected chi connectivity index (χ2v) is 9.35. The molecule has 0 saturated carbocycles. The van der Waals surface area contributed by atoms with Gasteiger partial charge in [0.15, 0.2) is 5.54 Å².